The topological polar surface area (TPSA) is 51.8 Å². The van der Waals surface area contributed by atoms with E-state index in [0.29, 0.717) is 39.2 Å². The minimum Gasteiger partial charge on any atom is -0.486 e. The Bertz CT molecular complexity index is 3270. The van der Waals surface area contributed by atoms with Crippen LogP contribution >= 0.6 is 0 Å². The average Bonchev–Trinajstić information content (AvgIpc) is 3.90. The molecule has 0 amide bonds. The SMILES string of the molecule is [2H]C([2H])([2H])c1c[c-]c(-c2cc(C([2H])([2H])C(C)(C)C)c(C([2H])([2H])C(C)(C)C)cn2)cc1-c1ccccc1.[2H]C([2H])([2H])c1ccc2c(n1)oc1c(-c3cc(C([2H])([2H])C4CCC5(CC4)C(C)(C)CCCC5(C)C)ccn3)[c-]ccc12.[Ir]. The van der Waals surface area contributed by atoms with Gasteiger partial charge in [0.15, 0.2) is 0 Å². The fourth-order valence-electron chi connectivity index (χ4n) is 10.8. The first-order valence-corrected chi connectivity index (χ1v) is 23.3. The van der Waals surface area contributed by atoms with Crippen LogP contribution in [-0.4, -0.2) is 15.0 Å². The summed E-state index contributed by atoms with van der Waals surface area (Å²) in [6, 6.07) is 30.8. The minimum absolute atomic E-state index is 0. The summed E-state index contributed by atoms with van der Waals surface area (Å²) in [6.07, 6.45) is 5.51. The Kier molecular flexibility index (Phi) is 10.4. The molecule has 4 aromatic heterocycles. The van der Waals surface area contributed by atoms with Crippen molar-refractivity contribution in [2.24, 2.45) is 33.0 Å². The van der Waals surface area contributed by atoms with Gasteiger partial charge in [-0.05, 0) is 144 Å². The first kappa shape index (κ1) is 35.7. The summed E-state index contributed by atoms with van der Waals surface area (Å²) in [5, 5.41) is 1.52. The van der Waals surface area contributed by atoms with Gasteiger partial charge in [-0.1, -0.05) is 147 Å². The standard InChI is InChI=1S/C33H39N2O.C28H34N.Ir/c1-22-10-11-26-25-8-6-9-27(29(25)36-30(26)35-22)28-21-24(14-19-34-28)20-23-12-17-33(18-13-23)31(2,3)15-7-16-32(33,4)5;1-20-13-14-22(15-25(20)21-11-9-8-10-12-21)26-16-23(17-27(2,3)4)24(19-29-26)18-28(5,6)7;/h6,8,10-11,14,19,21,23H,7,12-13,15-18,20H2,1-5H3;8-13,15-16,19H,17-18H2,1-7H3;/q2*-1;/i1D3,20D2;1D3,17D2,18D2;. The molecule has 1 spiro atoms. The summed E-state index contributed by atoms with van der Waals surface area (Å²) in [4.78, 5) is 13.4. The van der Waals surface area contributed by atoms with E-state index in [-0.39, 0.29) is 70.4 Å². The third kappa shape index (κ3) is 10.6. The van der Waals surface area contributed by atoms with E-state index in [1.807, 2.05) is 42.5 Å². The second kappa shape index (κ2) is 19.3. The maximum atomic E-state index is 9.30. The number of nitrogens with zero attached hydrogens (tertiary/aromatic N) is 3. The van der Waals surface area contributed by atoms with Crippen LogP contribution < -0.4 is 0 Å². The Morgan fingerprint density at radius 2 is 1.47 bits per heavy atom. The van der Waals surface area contributed by atoms with Gasteiger partial charge in [-0.2, -0.15) is 0 Å². The molecule has 66 heavy (non-hydrogen) atoms. The zero-order valence-corrected chi connectivity index (χ0v) is 42.7. The molecule has 4 heterocycles. The van der Waals surface area contributed by atoms with Crippen LogP contribution in [0.5, 0.6) is 0 Å². The average molecular weight is 1070 g/mol. The van der Waals surface area contributed by atoms with E-state index < -0.39 is 43.7 Å². The number of benzene rings is 3. The molecule has 4 nitrogen and oxygen atoms in total. The third-order valence-corrected chi connectivity index (χ3v) is 14.0. The summed E-state index contributed by atoms with van der Waals surface area (Å²) in [6.45, 7) is 15.8. The molecule has 1 radical (unpaired) electrons. The van der Waals surface area contributed by atoms with Crippen LogP contribution in [0.3, 0.4) is 0 Å². The number of furan rings is 1. The largest absolute Gasteiger partial charge is 0.486 e. The van der Waals surface area contributed by atoms with Gasteiger partial charge in [0.05, 0.1) is 5.58 Å². The predicted molar refractivity (Wildman–Crippen MR) is 273 cm³/mol. The van der Waals surface area contributed by atoms with E-state index >= 15 is 0 Å². The Balaban J connectivity index is 0.000000226. The van der Waals surface area contributed by atoms with Gasteiger partial charge in [0, 0.05) is 60.0 Å². The molecule has 3 aromatic carbocycles. The smallest absolute Gasteiger partial charge is 0.216 e. The number of hydrogen-bond acceptors (Lipinski definition) is 4. The first-order chi connectivity index (χ1) is 35.4. The molecule has 2 fully saturated rings. The molecule has 2 saturated carbocycles. The van der Waals surface area contributed by atoms with Crippen molar-refractivity contribution in [3.8, 4) is 33.6 Å². The molecule has 0 N–H and O–H groups in total. The van der Waals surface area contributed by atoms with E-state index in [4.69, 9.17) is 18.1 Å². The summed E-state index contributed by atoms with van der Waals surface area (Å²) in [5.74, 6) is -0.0645. The molecule has 0 saturated heterocycles. The molecule has 0 unspecified atom stereocenters. The van der Waals surface area contributed by atoms with Crippen LogP contribution in [0.15, 0.2) is 102 Å². The van der Waals surface area contributed by atoms with E-state index in [1.54, 1.807) is 78.1 Å². The van der Waals surface area contributed by atoms with Crippen molar-refractivity contribution in [2.75, 3.05) is 0 Å². The van der Waals surface area contributed by atoms with E-state index in [0.717, 1.165) is 42.0 Å². The molecule has 5 heteroatoms. The number of rotatable bonds is 7. The number of aryl methyl sites for hydroxylation is 2. The molecule has 0 aliphatic heterocycles. The monoisotopic (exact) mass is 1070 g/mol. The maximum Gasteiger partial charge on any atom is 0.216 e. The van der Waals surface area contributed by atoms with Crippen LogP contribution in [0, 0.1) is 58.8 Å². The van der Waals surface area contributed by atoms with Gasteiger partial charge < -0.3 is 14.4 Å². The maximum absolute atomic E-state index is 9.30. The fourth-order valence-corrected chi connectivity index (χ4v) is 10.8. The minimum atomic E-state index is -2.34. The fraction of sp³-hybridized carbons (Fsp3) is 0.459. The normalized spacial score (nSPS) is 20.8. The zero-order chi connectivity index (χ0) is 56.7. The molecule has 2 aliphatic rings. The van der Waals surface area contributed by atoms with E-state index in [2.05, 4.69) is 54.8 Å². The Morgan fingerprint density at radius 1 is 0.758 bits per heavy atom. The van der Waals surface area contributed by atoms with Crippen LogP contribution in [0.25, 0.3) is 55.7 Å². The molecule has 2 aliphatic carbocycles. The van der Waals surface area contributed by atoms with Crippen molar-refractivity contribution in [2.45, 2.75) is 147 Å². The third-order valence-electron chi connectivity index (χ3n) is 14.0. The molecule has 7 aromatic rings. The molecular weight excluding hydrogens is 983 g/mol. The number of hydrogen-bond donors (Lipinski definition) is 0. The number of fused-ring (bicyclic) bond motifs is 3. The van der Waals surface area contributed by atoms with Gasteiger partial charge in [0.25, 0.3) is 0 Å². The van der Waals surface area contributed by atoms with Crippen molar-refractivity contribution in [1.29, 1.82) is 0 Å². The van der Waals surface area contributed by atoms with Crippen LogP contribution in [0.1, 0.15) is 159 Å². The van der Waals surface area contributed by atoms with E-state index in [1.165, 1.54) is 37.6 Å². The van der Waals surface area contributed by atoms with Gasteiger partial charge in [-0.15, -0.1) is 47.5 Å². The Labute approximate surface area is 427 Å². The second-order valence-corrected chi connectivity index (χ2v) is 21.7. The van der Waals surface area contributed by atoms with Crippen molar-refractivity contribution in [1.82, 2.24) is 15.0 Å². The van der Waals surface area contributed by atoms with Crippen LogP contribution in [-0.2, 0) is 39.2 Å². The number of pyridine rings is 3. The predicted octanol–water partition coefficient (Wildman–Crippen LogP) is 16.8. The summed E-state index contributed by atoms with van der Waals surface area (Å²) in [5.41, 5.74) is 4.50. The summed E-state index contributed by atoms with van der Waals surface area (Å²) in [7, 11) is 0. The molecule has 349 valence electrons. The first-order valence-electron chi connectivity index (χ1n) is 29.3. The molecule has 0 bridgehead atoms. The molecular formula is C61H73IrN3O-2. The Morgan fingerprint density at radius 3 is 2.15 bits per heavy atom. The van der Waals surface area contributed by atoms with Gasteiger partial charge in [0.1, 0.15) is 0 Å². The van der Waals surface area contributed by atoms with Gasteiger partial charge in [0.2, 0.25) is 5.71 Å². The molecule has 9 rings (SSSR count). The van der Waals surface area contributed by atoms with Crippen LogP contribution in [0.2, 0.25) is 0 Å². The zero-order valence-electron chi connectivity index (χ0n) is 52.3. The summed E-state index contributed by atoms with van der Waals surface area (Å²) < 4.78 is 107. The second-order valence-electron chi connectivity index (χ2n) is 21.7. The number of aromatic nitrogens is 3. The van der Waals surface area contributed by atoms with Crippen LogP contribution in [0.4, 0.5) is 0 Å². The van der Waals surface area contributed by atoms with Gasteiger partial charge in [-0.25, -0.2) is 4.98 Å². The van der Waals surface area contributed by atoms with E-state index in [9.17, 15) is 2.74 Å². The van der Waals surface area contributed by atoms with Crippen molar-refractivity contribution >= 4 is 22.1 Å². The Hall–Kier alpha value is -4.44. The summed E-state index contributed by atoms with van der Waals surface area (Å²) >= 11 is 0. The quantitative estimate of drug-likeness (QED) is 0.149. The molecule has 0 atom stereocenters. The van der Waals surface area contributed by atoms with Gasteiger partial charge >= 0.3 is 0 Å². The van der Waals surface area contributed by atoms with Gasteiger partial charge in [-0.3, -0.25) is 0 Å². The van der Waals surface area contributed by atoms with Crippen molar-refractivity contribution in [3.63, 3.8) is 0 Å². The van der Waals surface area contributed by atoms with Crippen molar-refractivity contribution in [3.05, 3.63) is 137 Å². The van der Waals surface area contributed by atoms with Crippen molar-refractivity contribution < 1.29 is 41.0 Å².